The van der Waals surface area contributed by atoms with Crippen molar-refractivity contribution >= 4 is 0 Å². The second-order valence-corrected chi connectivity index (χ2v) is 3.99. The molecular weight excluding hydrogens is 184 g/mol. The molecule has 0 aromatic rings. The summed E-state index contributed by atoms with van der Waals surface area (Å²) in [5, 5.41) is 28.5. The highest BCUT2D eigenvalue weighted by molar-refractivity contribution is 4.90. The van der Waals surface area contributed by atoms with E-state index in [9.17, 15) is 15.3 Å². The molecule has 1 aliphatic rings. The van der Waals surface area contributed by atoms with Crippen molar-refractivity contribution in [2.24, 2.45) is 0 Å². The van der Waals surface area contributed by atoms with Crippen LogP contribution in [0.25, 0.3) is 0 Å². The maximum Gasteiger partial charge on any atom is 0.111 e. The second-order valence-electron chi connectivity index (χ2n) is 3.99. The average molecular weight is 204 g/mol. The van der Waals surface area contributed by atoms with Crippen LogP contribution >= 0.6 is 0 Å². The number of hydrogen-bond donors (Lipinski definition) is 3. The molecule has 4 heteroatoms. The molecular formula is C10H20O4. The second kappa shape index (κ2) is 5.07. The van der Waals surface area contributed by atoms with Crippen molar-refractivity contribution in [1.29, 1.82) is 0 Å². The lowest BCUT2D eigenvalue weighted by atomic mass is 9.93. The molecule has 0 aliphatic carbocycles. The van der Waals surface area contributed by atoms with Crippen LogP contribution in [-0.2, 0) is 4.74 Å². The van der Waals surface area contributed by atoms with E-state index in [1.165, 1.54) is 0 Å². The highest BCUT2D eigenvalue weighted by Crippen LogP contribution is 2.23. The Morgan fingerprint density at radius 2 is 1.71 bits per heavy atom. The van der Waals surface area contributed by atoms with Crippen LogP contribution in [-0.4, -0.2) is 45.8 Å². The number of ether oxygens (including phenoxy) is 1. The molecule has 84 valence electrons. The summed E-state index contributed by atoms with van der Waals surface area (Å²) in [6.07, 6.45) is -1.07. The average Bonchev–Trinajstić information content (AvgIpc) is 2.18. The van der Waals surface area contributed by atoms with E-state index in [2.05, 4.69) is 6.92 Å². The van der Waals surface area contributed by atoms with Gasteiger partial charge in [0.05, 0.1) is 12.2 Å². The van der Waals surface area contributed by atoms with Crippen molar-refractivity contribution in [1.82, 2.24) is 0 Å². The van der Waals surface area contributed by atoms with Gasteiger partial charge >= 0.3 is 0 Å². The first-order chi connectivity index (χ1) is 6.57. The maximum absolute atomic E-state index is 9.62. The number of unbranched alkanes of at least 4 members (excludes halogenated alkanes) is 1. The Hall–Kier alpha value is -0.160. The molecule has 5 atom stereocenters. The molecule has 0 bridgehead atoms. The van der Waals surface area contributed by atoms with E-state index in [0.717, 1.165) is 19.3 Å². The first kappa shape index (κ1) is 11.9. The van der Waals surface area contributed by atoms with Gasteiger partial charge in [-0.05, 0) is 13.3 Å². The van der Waals surface area contributed by atoms with E-state index in [-0.39, 0.29) is 6.10 Å². The summed E-state index contributed by atoms with van der Waals surface area (Å²) in [7, 11) is 0. The SMILES string of the molecule is CCCC[C@@H]1O[C@@H](C)[C@@H](O)[C@@H](O)[C@@H]1O. The predicted octanol–water partition coefficient (Wildman–Crippen LogP) is 0.0466. The number of hydrogen-bond acceptors (Lipinski definition) is 4. The van der Waals surface area contributed by atoms with Gasteiger partial charge in [0.25, 0.3) is 0 Å². The molecule has 1 heterocycles. The van der Waals surface area contributed by atoms with E-state index in [1.807, 2.05) is 0 Å². The minimum absolute atomic E-state index is 0.344. The molecule has 0 spiro atoms. The third kappa shape index (κ3) is 2.45. The smallest absolute Gasteiger partial charge is 0.111 e. The molecule has 14 heavy (non-hydrogen) atoms. The fourth-order valence-electron chi connectivity index (χ4n) is 1.78. The predicted molar refractivity (Wildman–Crippen MR) is 51.9 cm³/mol. The summed E-state index contributed by atoms with van der Waals surface area (Å²) in [4.78, 5) is 0. The Bertz CT molecular complexity index is 174. The molecule has 0 amide bonds. The van der Waals surface area contributed by atoms with Crippen LogP contribution < -0.4 is 0 Å². The molecule has 4 nitrogen and oxygen atoms in total. The summed E-state index contributed by atoms with van der Waals surface area (Å²) >= 11 is 0. The monoisotopic (exact) mass is 204 g/mol. The first-order valence-corrected chi connectivity index (χ1v) is 5.27. The van der Waals surface area contributed by atoms with Gasteiger partial charge in [-0.3, -0.25) is 0 Å². The van der Waals surface area contributed by atoms with Crippen LogP contribution in [0.2, 0.25) is 0 Å². The largest absolute Gasteiger partial charge is 0.388 e. The van der Waals surface area contributed by atoms with Crippen molar-refractivity contribution in [3.63, 3.8) is 0 Å². The van der Waals surface area contributed by atoms with Crippen LogP contribution in [0.1, 0.15) is 33.1 Å². The third-order valence-electron chi connectivity index (χ3n) is 2.79. The molecule has 0 aromatic heterocycles. The molecule has 1 aliphatic heterocycles. The summed E-state index contributed by atoms with van der Waals surface area (Å²) in [5.41, 5.74) is 0. The quantitative estimate of drug-likeness (QED) is 0.607. The van der Waals surface area contributed by atoms with Gasteiger partial charge in [0.15, 0.2) is 0 Å². The summed E-state index contributed by atoms with van der Waals surface area (Å²) in [6, 6.07) is 0. The van der Waals surface area contributed by atoms with E-state index >= 15 is 0 Å². The van der Waals surface area contributed by atoms with Crippen LogP contribution in [0.15, 0.2) is 0 Å². The number of aliphatic hydroxyl groups excluding tert-OH is 3. The van der Waals surface area contributed by atoms with Gasteiger partial charge < -0.3 is 20.1 Å². The summed E-state index contributed by atoms with van der Waals surface area (Å²) in [5.74, 6) is 0. The van der Waals surface area contributed by atoms with E-state index in [4.69, 9.17) is 4.74 Å². The zero-order chi connectivity index (χ0) is 10.7. The Morgan fingerprint density at radius 1 is 1.07 bits per heavy atom. The van der Waals surface area contributed by atoms with E-state index in [1.54, 1.807) is 6.92 Å². The van der Waals surface area contributed by atoms with Crippen molar-refractivity contribution in [2.75, 3.05) is 0 Å². The molecule has 1 rings (SSSR count). The van der Waals surface area contributed by atoms with Crippen LogP contribution in [0.5, 0.6) is 0 Å². The number of aliphatic hydroxyl groups is 3. The normalized spacial score (nSPS) is 43.9. The fourth-order valence-corrected chi connectivity index (χ4v) is 1.78. The lowest BCUT2D eigenvalue weighted by Gasteiger charge is -2.39. The van der Waals surface area contributed by atoms with Gasteiger partial charge in [0.2, 0.25) is 0 Å². The highest BCUT2D eigenvalue weighted by Gasteiger charge is 2.40. The lowest BCUT2D eigenvalue weighted by Crippen LogP contribution is -2.56. The highest BCUT2D eigenvalue weighted by atomic mass is 16.5. The molecule has 0 radical (unpaired) electrons. The van der Waals surface area contributed by atoms with Gasteiger partial charge in [-0.2, -0.15) is 0 Å². The first-order valence-electron chi connectivity index (χ1n) is 5.27. The molecule has 1 saturated heterocycles. The standard InChI is InChI=1S/C10H20O4/c1-3-4-5-7-9(12)10(13)8(11)6(2)14-7/h6-13H,3-5H2,1-2H3/t6-,7-,8+,9+,10+/m0/s1. The van der Waals surface area contributed by atoms with Gasteiger partial charge in [0, 0.05) is 0 Å². The van der Waals surface area contributed by atoms with Gasteiger partial charge in [-0.15, -0.1) is 0 Å². The molecule has 1 fully saturated rings. The zero-order valence-corrected chi connectivity index (χ0v) is 8.76. The Morgan fingerprint density at radius 3 is 2.29 bits per heavy atom. The van der Waals surface area contributed by atoms with E-state index < -0.39 is 24.4 Å². The van der Waals surface area contributed by atoms with Crippen molar-refractivity contribution in [3.05, 3.63) is 0 Å². The van der Waals surface area contributed by atoms with Crippen LogP contribution in [0.3, 0.4) is 0 Å². The molecule has 0 unspecified atom stereocenters. The topological polar surface area (TPSA) is 69.9 Å². The molecule has 3 N–H and O–H groups in total. The third-order valence-corrected chi connectivity index (χ3v) is 2.79. The van der Waals surface area contributed by atoms with Crippen LogP contribution in [0.4, 0.5) is 0 Å². The molecule has 0 saturated carbocycles. The van der Waals surface area contributed by atoms with Crippen molar-refractivity contribution in [2.45, 2.75) is 63.6 Å². The molecule has 0 aromatic carbocycles. The summed E-state index contributed by atoms with van der Waals surface area (Å²) < 4.78 is 5.42. The fraction of sp³-hybridized carbons (Fsp3) is 1.00. The van der Waals surface area contributed by atoms with Crippen molar-refractivity contribution in [3.8, 4) is 0 Å². The van der Waals surface area contributed by atoms with Gasteiger partial charge in [0.1, 0.15) is 18.3 Å². The Labute approximate surface area is 84.5 Å². The van der Waals surface area contributed by atoms with Crippen molar-refractivity contribution < 1.29 is 20.1 Å². The lowest BCUT2D eigenvalue weighted by molar-refractivity contribution is -0.218. The zero-order valence-electron chi connectivity index (χ0n) is 8.76. The minimum Gasteiger partial charge on any atom is -0.388 e. The number of rotatable bonds is 3. The maximum atomic E-state index is 9.62. The van der Waals surface area contributed by atoms with Gasteiger partial charge in [-0.25, -0.2) is 0 Å². The minimum atomic E-state index is -1.08. The van der Waals surface area contributed by atoms with Gasteiger partial charge in [-0.1, -0.05) is 19.8 Å². The summed E-state index contributed by atoms with van der Waals surface area (Å²) in [6.45, 7) is 3.77. The Balaban J connectivity index is 2.52. The van der Waals surface area contributed by atoms with E-state index in [0.29, 0.717) is 0 Å². The van der Waals surface area contributed by atoms with Crippen LogP contribution in [0, 0.1) is 0 Å². The Kier molecular flexibility index (Phi) is 4.31.